The van der Waals surface area contributed by atoms with Crippen molar-refractivity contribution >= 4 is 35.2 Å². The van der Waals surface area contributed by atoms with Crippen LogP contribution >= 0.6 is 11.6 Å². The largest absolute Gasteiger partial charge is 0.490 e. The van der Waals surface area contributed by atoms with Crippen LogP contribution in [0, 0.1) is 11.3 Å². The van der Waals surface area contributed by atoms with Crippen LogP contribution < -0.4 is 14.8 Å². The van der Waals surface area contributed by atoms with E-state index in [4.69, 9.17) is 26.2 Å². The van der Waals surface area contributed by atoms with E-state index in [0.29, 0.717) is 34.4 Å². The van der Waals surface area contributed by atoms with E-state index < -0.39 is 11.9 Å². The number of carbonyl (C=O) groups is 2. The molecule has 0 atom stereocenters. The second-order valence-electron chi connectivity index (χ2n) is 7.06. The Morgan fingerprint density at radius 1 is 1.03 bits per heavy atom. The van der Waals surface area contributed by atoms with Crippen molar-refractivity contribution in [2.24, 2.45) is 0 Å². The summed E-state index contributed by atoms with van der Waals surface area (Å²) in [5.41, 5.74) is 2.02. The normalized spacial score (nSPS) is 10.8. The number of aromatic carboxylic acids is 1. The number of nitrogens with one attached hydrogen (secondary N) is 1. The molecule has 0 aromatic heterocycles. The highest BCUT2D eigenvalue weighted by Crippen LogP contribution is 2.30. The second kappa shape index (κ2) is 11.5. The fraction of sp³-hybridized carbons (Fsp3) is 0.115. The molecule has 0 aliphatic heterocycles. The number of carboxylic acid groups (broad SMARTS) is 1. The summed E-state index contributed by atoms with van der Waals surface area (Å²) in [6.45, 7) is 2.43. The van der Waals surface area contributed by atoms with Gasteiger partial charge in [-0.15, -0.1) is 0 Å². The molecule has 0 bridgehead atoms. The molecule has 3 aromatic rings. The fourth-order valence-electron chi connectivity index (χ4n) is 2.95. The Kier molecular flexibility index (Phi) is 8.27. The maximum absolute atomic E-state index is 12.5. The molecule has 0 spiro atoms. The number of halogens is 1. The number of nitriles is 1. The van der Waals surface area contributed by atoms with E-state index in [1.807, 2.05) is 13.0 Å². The topological polar surface area (TPSA) is 109 Å². The molecule has 0 heterocycles. The Labute approximate surface area is 201 Å². The summed E-state index contributed by atoms with van der Waals surface area (Å²) < 4.78 is 11.5. The predicted octanol–water partition coefficient (Wildman–Crippen LogP) is 5.56. The minimum atomic E-state index is -0.992. The highest BCUT2D eigenvalue weighted by molar-refractivity contribution is 6.30. The van der Waals surface area contributed by atoms with Gasteiger partial charge in [0, 0.05) is 10.7 Å². The Bertz CT molecular complexity index is 1250. The molecule has 0 radical (unpaired) electrons. The van der Waals surface area contributed by atoms with Crippen LogP contribution in [0.15, 0.2) is 72.3 Å². The molecule has 2 N–H and O–H groups in total. The van der Waals surface area contributed by atoms with Gasteiger partial charge in [0.2, 0.25) is 0 Å². The van der Waals surface area contributed by atoms with E-state index >= 15 is 0 Å². The minimum Gasteiger partial charge on any atom is -0.490 e. The summed E-state index contributed by atoms with van der Waals surface area (Å²) in [7, 11) is 0. The van der Waals surface area contributed by atoms with Gasteiger partial charge in [-0.05, 0) is 72.7 Å². The first kappa shape index (κ1) is 24.4. The van der Waals surface area contributed by atoms with E-state index in [2.05, 4.69) is 5.32 Å². The van der Waals surface area contributed by atoms with E-state index in [-0.39, 0.29) is 17.7 Å². The lowest BCUT2D eigenvalue weighted by Gasteiger charge is -2.13. The van der Waals surface area contributed by atoms with Crippen molar-refractivity contribution in [3.63, 3.8) is 0 Å². The predicted molar refractivity (Wildman–Crippen MR) is 129 cm³/mol. The molecule has 3 rings (SSSR count). The first-order valence-electron chi connectivity index (χ1n) is 10.3. The van der Waals surface area contributed by atoms with Gasteiger partial charge >= 0.3 is 5.97 Å². The number of carboxylic acids is 1. The quantitative estimate of drug-likeness (QED) is 0.309. The zero-order valence-electron chi connectivity index (χ0n) is 18.2. The van der Waals surface area contributed by atoms with E-state index in [1.165, 1.54) is 18.2 Å². The van der Waals surface area contributed by atoms with Crippen LogP contribution in [-0.2, 0) is 11.4 Å². The first-order chi connectivity index (χ1) is 16.4. The molecule has 0 fully saturated rings. The van der Waals surface area contributed by atoms with Gasteiger partial charge in [-0.2, -0.15) is 5.26 Å². The van der Waals surface area contributed by atoms with Gasteiger partial charge in [0.05, 0.1) is 12.2 Å². The molecule has 0 aliphatic rings. The Hall–Kier alpha value is -4.28. The number of nitrogens with zero attached hydrogens (tertiary/aromatic N) is 1. The van der Waals surface area contributed by atoms with Crippen molar-refractivity contribution in [3.05, 3.63) is 94.0 Å². The average Bonchev–Trinajstić information content (AvgIpc) is 2.83. The van der Waals surface area contributed by atoms with E-state index in [9.17, 15) is 14.9 Å². The number of carbonyl (C=O) groups excluding carboxylic acids is 1. The monoisotopic (exact) mass is 476 g/mol. The molecule has 0 aliphatic carbocycles. The number of benzene rings is 3. The number of hydrogen-bond acceptors (Lipinski definition) is 5. The van der Waals surface area contributed by atoms with Crippen LogP contribution in [-0.4, -0.2) is 23.6 Å². The lowest BCUT2D eigenvalue weighted by Crippen LogP contribution is -2.13. The summed E-state index contributed by atoms with van der Waals surface area (Å²) in [5, 5.41) is 21.7. The molecule has 7 nitrogen and oxygen atoms in total. The first-order valence-corrected chi connectivity index (χ1v) is 10.7. The minimum absolute atomic E-state index is 0.0791. The van der Waals surface area contributed by atoms with E-state index in [0.717, 1.165) is 5.56 Å². The zero-order chi connectivity index (χ0) is 24.5. The van der Waals surface area contributed by atoms with Gasteiger partial charge in [-0.3, -0.25) is 4.79 Å². The average molecular weight is 477 g/mol. The zero-order valence-corrected chi connectivity index (χ0v) is 19.0. The smallest absolute Gasteiger partial charge is 0.335 e. The van der Waals surface area contributed by atoms with Gasteiger partial charge < -0.3 is 19.9 Å². The molecular weight excluding hydrogens is 456 g/mol. The lowest BCUT2D eigenvalue weighted by molar-refractivity contribution is -0.112. The van der Waals surface area contributed by atoms with Gasteiger partial charge in [0.15, 0.2) is 11.5 Å². The summed E-state index contributed by atoms with van der Waals surface area (Å²) >= 11 is 5.85. The van der Waals surface area contributed by atoms with Crippen molar-refractivity contribution in [3.8, 4) is 17.6 Å². The molecule has 0 unspecified atom stereocenters. The highest BCUT2D eigenvalue weighted by Gasteiger charge is 2.12. The number of ether oxygens (including phenoxy) is 2. The molecular formula is C26H21ClN2O5. The standard InChI is InChI=1S/C26H21ClN2O5/c1-2-33-24-14-18(13-20(15-28)25(30)29-22-10-8-21(27)9-11-22)5-12-23(24)34-16-17-3-6-19(7-4-17)26(31)32/h3-14H,2,16H2,1H3,(H,29,30)(H,31,32). The van der Waals surface area contributed by atoms with Gasteiger partial charge in [0.25, 0.3) is 5.91 Å². The number of rotatable bonds is 9. The second-order valence-corrected chi connectivity index (χ2v) is 7.50. The summed E-state index contributed by atoms with van der Waals surface area (Å²) in [6, 6.07) is 19.9. The van der Waals surface area contributed by atoms with Crippen LogP contribution in [0.3, 0.4) is 0 Å². The number of anilines is 1. The maximum Gasteiger partial charge on any atom is 0.335 e. The van der Waals surface area contributed by atoms with Gasteiger partial charge in [0.1, 0.15) is 18.2 Å². The summed E-state index contributed by atoms with van der Waals surface area (Å²) in [6.07, 6.45) is 1.46. The van der Waals surface area contributed by atoms with Crippen molar-refractivity contribution < 1.29 is 24.2 Å². The van der Waals surface area contributed by atoms with Gasteiger partial charge in [-0.25, -0.2) is 4.79 Å². The molecule has 172 valence electrons. The Morgan fingerprint density at radius 2 is 1.74 bits per heavy atom. The lowest BCUT2D eigenvalue weighted by atomic mass is 10.1. The van der Waals surface area contributed by atoms with Crippen LogP contribution in [0.1, 0.15) is 28.4 Å². The van der Waals surface area contributed by atoms with Crippen LogP contribution in [0.25, 0.3) is 6.08 Å². The van der Waals surface area contributed by atoms with Crippen molar-refractivity contribution in [1.29, 1.82) is 5.26 Å². The van der Waals surface area contributed by atoms with Gasteiger partial charge in [-0.1, -0.05) is 29.8 Å². The maximum atomic E-state index is 12.5. The number of hydrogen-bond donors (Lipinski definition) is 2. The van der Waals surface area contributed by atoms with Crippen LogP contribution in [0.2, 0.25) is 5.02 Å². The molecule has 8 heteroatoms. The molecule has 0 saturated carbocycles. The summed E-state index contributed by atoms with van der Waals surface area (Å²) in [4.78, 5) is 23.5. The third-order valence-corrected chi connectivity index (χ3v) is 4.89. The van der Waals surface area contributed by atoms with Crippen LogP contribution in [0.5, 0.6) is 11.5 Å². The van der Waals surface area contributed by atoms with Crippen molar-refractivity contribution in [2.75, 3.05) is 11.9 Å². The molecule has 0 saturated heterocycles. The molecule has 34 heavy (non-hydrogen) atoms. The van der Waals surface area contributed by atoms with Crippen molar-refractivity contribution in [2.45, 2.75) is 13.5 Å². The third-order valence-electron chi connectivity index (χ3n) is 4.64. The van der Waals surface area contributed by atoms with Crippen molar-refractivity contribution in [1.82, 2.24) is 0 Å². The number of amides is 1. The third kappa shape index (κ3) is 6.61. The molecule has 3 aromatic carbocycles. The fourth-order valence-corrected chi connectivity index (χ4v) is 3.08. The van der Waals surface area contributed by atoms with E-state index in [1.54, 1.807) is 54.6 Å². The van der Waals surface area contributed by atoms with Crippen LogP contribution in [0.4, 0.5) is 5.69 Å². The summed E-state index contributed by atoms with van der Waals surface area (Å²) in [5.74, 6) is -0.611. The Balaban J connectivity index is 1.75. The highest BCUT2D eigenvalue weighted by atomic mass is 35.5. The SMILES string of the molecule is CCOc1cc(C=C(C#N)C(=O)Nc2ccc(Cl)cc2)ccc1OCc1ccc(C(=O)O)cc1. The Morgan fingerprint density at radius 3 is 2.35 bits per heavy atom. The molecule has 1 amide bonds.